The highest BCUT2D eigenvalue weighted by atomic mass is 79.9. The summed E-state index contributed by atoms with van der Waals surface area (Å²) in [5, 5.41) is 3.44. The summed E-state index contributed by atoms with van der Waals surface area (Å²) in [6, 6.07) is 7.90. The second kappa shape index (κ2) is 6.61. The van der Waals surface area contributed by atoms with Gasteiger partial charge in [0, 0.05) is 10.2 Å². The van der Waals surface area contributed by atoms with Gasteiger partial charge in [0.1, 0.15) is 5.54 Å². The maximum absolute atomic E-state index is 12.3. The average Bonchev–Trinajstić information content (AvgIpc) is 2.49. The molecule has 20 heavy (non-hydrogen) atoms. The number of halogens is 1. The zero-order valence-corrected chi connectivity index (χ0v) is 13.7. The van der Waals surface area contributed by atoms with E-state index >= 15 is 0 Å². The van der Waals surface area contributed by atoms with Gasteiger partial charge in [-0.25, -0.2) is 4.79 Å². The van der Waals surface area contributed by atoms with Crippen molar-refractivity contribution >= 4 is 27.6 Å². The molecule has 1 N–H and O–H groups in total. The minimum atomic E-state index is -0.579. The first-order valence-corrected chi connectivity index (χ1v) is 8.01. The fourth-order valence-corrected chi connectivity index (χ4v) is 3.36. The van der Waals surface area contributed by atoms with E-state index < -0.39 is 5.54 Å². The van der Waals surface area contributed by atoms with Gasteiger partial charge in [-0.3, -0.25) is 0 Å². The fraction of sp³-hybridized carbons (Fsp3) is 0.562. The van der Waals surface area contributed by atoms with Gasteiger partial charge < -0.3 is 10.1 Å². The minimum Gasteiger partial charge on any atom is -0.467 e. The summed E-state index contributed by atoms with van der Waals surface area (Å²) in [6.45, 7) is 2.22. The van der Waals surface area contributed by atoms with E-state index in [1.165, 1.54) is 13.5 Å². The zero-order valence-electron chi connectivity index (χ0n) is 12.1. The third-order valence-corrected chi connectivity index (χ3v) is 5.05. The van der Waals surface area contributed by atoms with Crippen molar-refractivity contribution in [2.45, 2.75) is 44.6 Å². The summed E-state index contributed by atoms with van der Waals surface area (Å²) >= 11 is 3.53. The highest BCUT2D eigenvalue weighted by molar-refractivity contribution is 9.10. The van der Waals surface area contributed by atoms with E-state index in [0.717, 1.165) is 41.8 Å². The fourth-order valence-electron chi connectivity index (χ4n) is 2.97. The van der Waals surface area contributed by atoms with Crippen LogP contribution in [0.4, 0.5) is 5.69 Å². The number of nitrogens with one attached hydrogen (secondary N) is 1. The Balaban J connectivity index is 2.21. The molecule has 1 fully saturated rings. The van der Waals surface area contributed by atoms with Gasteiger partial charge >= 0.3 is 5.97 Å². The Kier molecular flexibility index (Phi) is 5.08. The van der Waals surface area contributed by atoms with Gasteiger partial charge in [0.25, 0.3) is 0 Å². The highest BCUT2D eigenvalue weighted by Gasteiger charge is 2.42. The summed E-state index contributed by atoms with van der Waals surface area (Å²) in [5.74, 6) is 0.580. The number of benzene rings is 1. The molecule has 1 aromatic carbocycles. The number of carbonyl (C=O) groups excluding carboxylic acids is 1. The van der Waals surface area contributed by atoms with Crippen molar-refractivity contribution in [3.63, 3.8) is 0 Å². The number of rotatable bonds is 4. The Morgan fingerprint density at radius 2 is 2.05 bits per heavy atom. The van der Waals surface area contributed by atoms with E-state index in [4.69, 9.17) is 4.74 Å². The van der Waals surface area contributed by atoms with Crippen LogP contribution in [0.15, 0.2) is 28.7 Å². The van der Waals surface area contributed by atoms with Crippen LogP contribution in [0.1, 0.15) is 39.0 Å². The number of ether oxygens (including phenoxy) is 1. The van der Waals surface area contributed by atoms with Gasteiger partial charge in [-0.15, -0.1) is 0 Å². The molecule has 4 heteroatoms. The van der Waals surface area contributed by atoms with Crippen molar-refractivity contribution in [2.75, 3.05) is 12.4 Å². The number of esters is 1. The first-order valence-electron chi connectivity index (χ1n) is 7.22. The molecule has 1 aliphatic rings. The lowest BCUT2D eigenvalue weighted by atomic mass is 9.75. The van der Waals surface area contributed by atoms with Gasteiger partial charge in [-0.2, -0.15) is 0 Å². The van der Waals surface area contributed by atoms with Crippen LogP contribution in [-0.2, 0) is 9.53 Å². The summed E-state index contributed by atoms with van der Waals surface area (Å²) in [7, 11) is 1.47. The quantitative estimate of drug-likeness (QED) is 0.827. The molecule has 0 unspecified atom stereocenters. The summed E-state index contributed by atoms with van der Waals surface area (Å²) in [4.78, 5) is 12.3. The molecule has 3 nitrogen and oxygen atoms in total. The first kappa shape index (κ1) is 15.4. The Hall–Kier alpha value is -1.03. The molecule has 0 saturated heterocycles. The van der Waals surface area contributed by atoms with E-state index in [2.05, 4.69) is 28.2 Å². The molecule has 0 atom stereocenters. The molecule has 110 valence electrons. The van der Waals surface area contributed by atoms with Crippen LogP contribution in [0.25, 0.3) is 0 Å². The molecule has 1 saturated carbocycles. The first-order chi connectivity index (χ1) is 9.61. The average molecular weight is 340 g/mol. The molecule has 1 aliphatic carbocycles. The highest BCUT2D eigenvalue weighted by Crippen LogP contribution is 2.38. The van der Waals surface area contributed by atoms with Crippen molar-refractivity contribution in [3.8, 4) is 0 Å². The number of carbonyl (C=O) groups is 1. The molecular formula is C16H22BrNO2. The maximum Gasteiger partial charge on any atom is 0.331 e. The van der Waals surface area contributed by atoms with Crippen molar-refractivity contribution in [2.24, 2.45) is 5.92 Å². The topological polar surface area (TPSA) is 38.3 Å². The van der Waals surface area contributed by atoms with Gasteiger partial charge in [0.2, 0.25) is 0 Å². The minimum absolute atomic E-state index is 0.150. The Labute approximate surface area is 129 Å². The van der Waals surface area contributed by atoms with Crippen LogP contribution in [0.3, 0.4) is 0 Å². The second-order valence-electron chi connectivity index (χ2n) is 5.53. The van der Waals surface area contributed by atoms with Crippen LogP contribution < -0.4 is 5.32 Å². The smallest absolute Gasteiger partial charge is 0.331 e. The molecule has 2 rings (SSSR count). The number of anilines is 1. The third kappa shape index (κ3) is 3.17. The van der Waals surface area contributed by atoms with Crippen LogP contribution >= 0.6 is 15.9 Å². The lowest BCUT2D eigenvalue weighted by molar-refractivity contribution is -0.147. The van der Waals surface area contributed by atoms with E-state index in [1.54, 1.807) is 0 Å². The monoisotopic (exact) mass is 339 g/mol. The van der Waals surface area contributed by atoms with Gasteiger partial charge in [-0.1, -0.05) is 25.5 Å². The molecule has 1 aromatic rings. The summed E-state index contributed by atoms with van der Waals surface area (Å²) in [5.41, 5.74) is 0.373. The number of hydrogen-bond acceptors (Lipinski definition) is 3. The van der Waals surface area contributed by atoms with Gasteiger partial charge in [0.05, 0.1) is 7.11 Å². The lowest BCUT2D eigenvalue weighted by Gasteiger charge is -2.39. The van der Waals surface area contributed by atoms with Gasteiger partial charge in [-0.05, 0) is 59.7 Å². The molecule has 0 aromatic heterocycles. The maximum atomic E-state index is 12.3. The summed E-state index contributed by atoms with van der Waals surface area (Å²) < 4.78 is 6.03. The number of hydrogen-bond donors (Lipinski definition) is 1. The zero-order chi connectivity index (χ0) is 14.6. The molecule has 0 radical (unpaired) electrons. The Morgan fingerprint density at radius 1 is 1.40 bits per heavy atom. The third-order valence-electron chi connectivity index (χ3n) is 4.36. The Bertz CT molecular complexity index is 467. The largest absolute Gasteiger partial charge is 0.467 e. The van der Waals surface area contributed by atoms with Crippen LogP contribution in [0.2, 0.25) is 0 Å². The number of para-hydroxylation sites is 1. The van der Waals surface area contributed by atoms with Crippen LogP contribution in [0, 0.1) is 5.92 Å². The van der Waals surface area contributed by atoms with Crippen molar-refractivity contribution in [1.29, 1.82) is 0 Å². The van der Waals surface area contributed by atoms with E-state index in [-0.39, 0.29) is 5.97 Å². The lowest BCUT2D eigenvalue weighted by Crippen LogP contribution is -2.49. The molecule has 0 spiro atoms. The second-order valence-corrected chi connectivity index (χ2v) is 6.38. The molecule has 0 heterocycles. The van der Waals surface area contributed by atoms with E-state index in [1.807, 2.05) is 24.3 Å². The van der Waals surface area contributed by atoms with Crippen LogP contribution in [0.5, 0.6) is 0 Å². The van der Waals surface area contributed by atoms with Crippen LogP contribution in [-0.4, -0.2) is 18.6 Å². The predicted octanol–water partition coefficient (Wildman–Crippen LogP) is 4.37. The van der Waals surface area contributed by atoms with Crippen molar-refractivity contribution < 1.29 is 9.53 Å². The van der Waals surface area contributed by atoms with E-state index in [0.29, 0.717) is 0 Å². The normalized spacial score (nSPS) is 26.1. The number of methoxy groups -OCH3 is 1. The van der Waals surface area contributed by atoms with E-state index in [9.17, 15) is 4.79 Å². The Morgan fingerprint density at radius 3 is 2.60 bits per heavy atom. The predicted molar refractivity (Wildman–Crippen MR) is 84.8 cm³/mol. The summed E-state index contributed by atoms with van der Waals surface area (Å²) in [6.07, 6.45) is 5.00. The van der Waals surface area contributed by atoms with Gasteiger partial charge in [0.15, 0.2) is 0 Å². The SMILES string of the molecule is CCC1CCC(Nc2ccccc2Br)(C(=O)OC)CC1. The van der Waals surface area contributed by atoms with Crippen molar-refractivity contribution in [3.05, 3.63) is 28.7 Å². The molecule has 0 amide bonds. The molecule has 0 bridgehead atoms. The molecular weight excluding hydrogens is 318 g/mol. The standard InChI is InChI=1S/C16H22BrNO2/c1-3-12-8-10-16(11-9-12,15(19)20-2)18-14-7-5-4-6-13(14)17/h4-7,12,18H,3,8-11H2,1-2H3. The molecule has 0 aliphatic heterocycles. The van der Waals surface area contributed by atoms with Crippen molar-refractivity contribution in [1.82, 2.24) is 0 Å².